The second-order valence-electron chi connectivity index (χ2n) is 5.30. The van der Waals surface area contributed by atoms with Crippen LogP contribution in [-0.4, -0.2) is 14.2 Å². The average Bonchev–Trinajstić information content (AvgIpc) is 2.80. The molecule has 2 rings (SSSR count). The molecule has 100 valence electrons. The average molecular weight is 249 g/mol. The van der Waals surface area contributed by atoms with Crippen molar-refractivity contribution >= 4 is 0 Å². The summed E-state index contributed by atoms with van der Waals surface area (Å²) in [7, 11) is 3.38. The van der Waals surface area contributed by atoms with Gasteiger partial charge >= 0.3 is 0 Å². The van der Waals surface area contributed by atoms with E-state index in [1.165, 1.54) is 18.4 Å². The van der Waals surface area contributed by atoms with Crippen LogP contribution in [0.3, 0.4) is 0 Å². The van der Waals surface area contributed by atoms with E-state index in [0.717, 1.165) is 35.5 Å². The molecule has 0 unspecified atom stereocenters. The Labute approximate surface area is 109 Å². The Morgan fingerprint density at radius 1 is 1.06 bits per heavy atom. The molecule has 1 fully saturated rings. The van der Waals surface area contributed by atoms with E-state index in [1.807, 2.05) is 0 Å². The van der Waals surface area contributed by atoms with E-state index in [9.17, 15) is 0 Å². The molecule has 0 spiro atoms. The van der Waals surface area contributed by atoms with Gasteiger partial charge in [-0.05, 0) is 43.9 Å². The zero-order valence-corrected chi connectivity index (χ0v) is 11.8. The van der Waals surface area contributed by atoms with Gasteiger partial charge in [0.15, 0.2) is 11.5 Å². The Morgan fingerprint density at radius 2 is 1.61 bits per heavy atom. The topological polar surface area (TPSA) is 44.5 Å². The summed E-state index contributed by atoms with van der Waals surface area (Å²) in [5.74, 6) is 1.63. The largest absolute Gasteiger partial charge is 0.493 e. The maximum Gasteiger partial charge on any atom is 0.166 e. The van der Waals surface area contributed by atoms with Gasteiger partial charge in [0.05, 0.1) is 14.2 Å². The summed E-state index contributed by atoms with van der Waals surface area (Å²) in [4.78, 5) is 0. The van der Waals surface area contributed by atoms with Crippen molar-refractivity contribution in [2.45, 2.75) is 45.1 Å². The first kappa shape index (κ1) is 13.2. The zero-order valence-electron chi connectivity index (χ0n) is 11.8. The highest BCUT2D eigenvalue weighted by Gasteiger charge is 2.35. The van der Waals surface area contributed by atoms with Gasteiger partial charge in [0.1, 0.15) is 0 Å². The molecule has 0 amide bonds. The normalized spacial score (nSPS) is 17.8. The molecular formula is C15H23NO2. The van der Waals surface area contributed by atoms with Gasteiger partial charge in [-0.15, -0.1) is 0 Å². The van der Waals surface area contributed by atoms with Crippen molar-refractivity contribution in [1.82, 2.24) is 0 Å². The van der Waals surface area contributed by atoms with Crippen LogP contribution in [0, 0.1) is 13.8 Å². The van der Waals surface area contributed by atoms with Crippen LogP contribution in [0.25, 0.3) is 0 Å². The molecule has 0 saturated heterocycles. The lowest BCUT2D eigenvalue weighted by Gasteiger charge is -2.28. The molecule has 0 radical (unpaired) electrons. The molecule has 1 aromatic carbocycles. The summed E-state index contributed by atoms with van der Waals surface area (Å²) in [5.41, 5.74) is 9.74. The van der Waals surface area contributed by atoms with Gasteiger partial charge < -0.3 is 15.2 Å². The smallest absolute Gasteiger partial charge is 0.166 e. The lowest BCUT2D eigenvalue weighted by molar-refractivity contribution is 0.335. The van der Waals surface area contributed by atoms with E-state index in [4.69, 9.17) is 15.2 Å². The second kappa shape index (κ2) is 4.81. The van der Waals surface area contributed by atoms with Gasteiger partial charge in [0.2, 0.25) is 0 Å². The third-order valence-corrected chi connectivity index (χ3v) is 4.18. The summed E-state index contributed by atoms with van der Waals surface area (Å²) < 4.78 is 11.1. The Balaban J connectivity index is 2.63. The van der Waals surface area contributed by atoms with Crippen molar-refractivity contribution in [3.63, 3.8) is 0 Å². The predicted molar refractivity (Wildman–Crippen MR) is 73.4 cm³/mol. The van der Waals surface area contributed by atoms with Gasteiger partial charge in [-0.3, -0.25) is 0 Å². The van der Waals surface area contributed by atoms with Crippen molar-refractivity contribution in [3.8, 4) is 11.5 Å². The monoisotopic (exact) mass is 249 g/mol. The molecule has 0 aliphatic heterocycles. The van der Waals surface area contributed by atoms with Crippen molar-refractivity contribution < 1.29 is 9.47 Å². The van der Waals surface area contributed by atoms with E-state index in [-0.39, 0.29) is 5.54 Å². The fraction of sp³-hybridized carbons (Fsp3) is 0.600. The van der Waals surface area contributed by atoms with E-state index in [1.54, 1.807) is 14.2 Å². The molecule has 0 heterocycles. The van der Waals surface area contributed by atoms with Crippen molar-refractivity contribution in [3.05, 3.63) is 22.8 Å². The molecule has 1 aromatic rings. The molecular weight excluding hydrogens is 226 g/mol. The lowest BCUT2D eigenvalue weighted by Crippen LogP contribution is -2.33. The lowest BCUT2D eigenvalue weighted by atomic mass is 9.86. The highest BCUT2D eigenvalue weighted by molar-refractivity contribution is 5.57. The highest BCUT2D eigenvalue weighted by Crippen LogP contribution is 2.46. The first-order chi connectivity index (χ1) is 8.53. The quantitative estimate of drug-likeness (QED) is 0.895. The minimum absolute atomic E-state index is 0.253. The minimum atomic E-state index is -0.253. The Morgan fingerprint density at radius 3 is 2.11 bits per heavy atom. The molecule has 1 aliphatic carbocycles. The van der Waals surface area contributed by atoms with E-state index < -0.39 is 0 Å². The maximum absolute atomic E-state index is 6.56. The van der Waals surface area contributed by atoms with Crippen LogP contribution in [0.5, 0.6) is 11.5 Å². The summed E-state index contributed by atoms with van der Waals surface area (Å²) in [5, 5.41) is 0. The molecule has 3 nitrogen and oxygen atoms in total. The first-order valence-electron chi connectivity index (χ1n) is 6.55. The van der Waals surface area contributed by atoms with Crippen LogP contribution in [-0.2, 0) is 5.54 Å². The standard InChI is InChI=1S/C15H23NO2/c1-10-9-12(15(16)7-5-6-8-15)14(18-4)13(17-3)11(10)2/h9H,5-8,16H2,1-4H3. The number of aryl methyl sites for hydroxylation is 1. The molecule has 0 bridgehead atoms. The third-order valence-electron chi connectivity index (χ3n) is 4.18. The van der Waals surface area contributed by atoms with Crippen LogP contribution < -0.4 is 15.2 Å². The van der Waals surface area contributed by atoms with Gasteiger partial charge in [-0.25, -0.2) is 0 Å². The number of nitrogens with two attached hydrogens (primary N) is 1. The fourth-order valence-corrected chi connectivity index (χ4v) is 2.96. The molecule has 2 N–H and O–H groups in total. The fourth-order valence-electron chi connectivity index (χ4n) is 2.96. The van der Waals surface area contributed by atoms with Crippen LogP contribution in [0.1, 0.15) is 42.4 Å². The SMILES string of the molecule is COc1c(C2(N)CCCC2)cc(C)c(C)c1OC. The molecule has 3 heteroatoms. The molecule has 0 aromatic heterocycles. The Kier molecular flexibility index (Phi) is 3.53. The summed E-state index contributed by atoms with van der Waals surface area (Å²) >= 11 is 0. The number of rotatable bonds is 3. The summed E-state index contributed by atoms with van der Waals surface area (Å²) in [6.07, 6.45) is 4.42. The summed E-state index contributed by atoms with van der Waals surface area (Å²) in [6, 6.07) is 2.17. The number of hydrogen-bond donors (Lipinski definition) is 1. The number of hydrogen-bond acceptors (Lipinski definition) is 3. The molecule has 1 aliphatic rings. The van der Waals surface area contributed by atoms with Gasteiger partial charge in [-0.2, -0.15) is 0 Å². The number of methoxy groups -OCH3 is 2. The molecule has 0 atom stereocenters. The molecule has 1 saturated carbocycles. The Bertz CT molecular complexity index is 448. The van der Waals surface area contributed by atoms with E-state index >= 15 is 0 Å². The molecule has 18 heavy (non-hydrogen) atoms. The van der Waals surface area contributed by atoms with E-state index in [2.05, 4.69) is 19.9 Å². The van der Waals surface area contributed by atoms with Crippen molar-refractivity contribution in [2.75, 3.05) is 14.2 Å². The van der Waals surface area contributed by atoms with Gasteiger partial charge in [-0.1, -0.05) is 12.8 Å². The maximum atomic E-state index is 6.56. The van der Waals surface area contributed by atoms with Crippen LogP contribution in [0.2, 0.25) is 0 Å². The van der Waals surface area contributed by atoms with Crippen molar-refractivity contribution in [2.24, 2.45) is 5.73 Å². The van der Waals surface area contributed by atoms with Crippen LogP contribution in [0.4, 0.5) is 0 Å². The van der Waals surface area contributed by atoms with Gasteiger partial charge in [0, 0.05) is 11.1 Å². The predicted octanol–water partition coefficient (Wildman–Crippen LogP) is 3.05. The van der Waals surface area contributed by atoms with Crippen LogP contribution >= 0.6 is 0 Å². The minimum Gasteiger partial charge on any atom is -0.493 e. The Hall–Kier alpha value is -1.22. The summed E-state index contributed by atoms with van der Waals surface area (Å²) in [6.45, 7) is 4.15. The highest BCUT2D eigenvalue weighted by atomic mass is 16.5. The zero-order chi connectivity index (χ0) is 13.3. The van der Waals surface area contributed by atoms with Crippen molar-refractivity contribution in [1.29, 1.82) is 0 Å². The second-order valence-corrected chi connectivity index (χ2v) is 5.30. The van der Waals surface area contributed by atoms with Crippen LogP contribution in [0.15, 0.2) is 6.07 Å². The first-order valence-corrected chi connectivity index (χ1v) is 6.55. The number of ether oxygens (including phenoxy) is 2. The number of benzene rings is 1. The van der Waals surface area contributed by atoms with Gasteiger partial charge in [0.25, 0.3) is 0 Å². The van der Waals surface area contributed by atoms with E-state index in [0.29, 0.717) is 0 Å². The third kappa shape index (κ3) is 1.97.